The van der Waals surface area contributed by atoms with Gasteiger partial charge in [0, 0.05) is 18.8 Å². The zero-order valence-electron chi connectivity index (χ0n) is 8.97. The van der Waals surface area contributed by atoms with E-state index in [1.54, 1.807) is 23.2 Å². The van der Waals surface area contributed by atoms with E-state index in [2.05, 4.69) is 4.98 Å². The second-order valence-electron chi connectivity index (χ2n) is 3.89. The molecule has 0 spiro atoms. The zero-order chi connectivity index (χ0) is 11.5. The number of hydrogen-bond acceptors (Lipinski definition) is 4. The van der Waals surface area contributed by atoms with Crippen LogP contribution in [-0.4, -0.2) is 40.1 Å². The van der Waals surface area contributed by atoms with E-state index in [0.29, 0.717) is 12.2 Å². The van der Waals surface area contributed by atoms with E-state index in [1.807, 2.05) is 0 Å². The highest BCUT2D eigenvalue weighted by Gasteiger charge is 2.33. The number of carbonyl (C=O) groups excluding carboxylic acids is 1. The van der Waals surface area contributed by atoms with Crippen LogP contribution in [0, 0.1) is 0 Å². The Hall–Kier alpha value is -1.62. The second-order valence-corrected chi connectivity index (χ2v) is 3.89. The molecule has 0 radical (unpaired) electrons. The molecule has 0 atom stereocenters. The van der Waals surface area contributed by atoms with E-state index in [4.69, 9.17) is 10.8 Å². The van der Waals surface area contributed by atoms with Crippen molar-refractivity contribution in [1.29, 1.82) is 0 Å². The number of carbonyl (C=O) groups is 1. The van der Waals surface area contributed by atoms with Gasteiger partial charge in [-0.1, -0.05) is 0 Å². The molecule has 3 N–H and O–H groups in total. The number of nitrogen functional groups attached to an aromatic ring is 1. The molecule has 1 aromatic heterocycles. The number of hydrogen-bond donors (Lipinski definition) is 2. The SMILES string of the molecule is Nc1cccnc1C(=O)N(CCO)C1CC1. The highest BCUT2D eigenvalue weighted by atomic mass is 16.3. The third-order valence-corrected chi connectivity index (χ3v) is 2.63. The van der Waals surface area contributed by atoms with Gasteiger partial charge in [0.15, 0.2) is 5.69 Å². The molecule has 1 amide bonds. The molecular formula is C11H15N3O2. The summed E-state index contributed by atoms with van der Waals surface area (Å²) in [5.74, 6) is -0.186. The summed E-state index contributed by atoms with van der Waals surface area (Å²) in [4.78, 5) is 17.8. The Morgan fingerprint density at radius 2 is 2.38 bits per heavy atom. The van der Waals surface area contributed by atoms with Crippen LogP contribution in [0.2, 0.25) is 0 Å². The van der Waals surface area contributed by atoms with Crippen molar-refractivity contribution >= 4 is 11.6 Å². The lowest BCUT2D eigenvalue weighted by Crippen LogP contribution is -2.36. The number of aromatic nitrogens is 1. The number of pyridine rings is 1. The summed E-state index contributed by atoms with van der Waals surface area (Å²) in [7, 11) is 0. The molecule has 2 rings (SSSR count). The summed E-state index contributed by atoms with van der Waals surface area (Å²) in [6.07, 6.45) is 3.55. The monoisotopic (exact) mass is 221 g/mol. The average Bonchev–Trinajstić information content (AvgIpc) is 3.09. The lowest BCUT2D eigenvalue weighted by atomic mass is 10.2. The molecule has 0 bridgehead atoms. The lowest BCUT2D eigenvalue weighted by molar-refractivity contribution is 0.0703. The Kier molecular flexibility index (Phi) is 3.05. The van der Waals surface area contributed by atoms with Crippen LogP contribution in [0.15, 0.2) is 18.3 Å². The summed E-state index contributed by atoms with van der Waals surface area (Å²) in [5, 5.41) is 8.93. The van der Waals surface area contributed by atoms with Crippen LogP contribution in [0.25, 0.3) is 0 Å². The van der Waals surface area contributed by atoms with Gasteiger partial charge in [0.05, 0.1) is 12.3 Å². The number of anilines is 1. The molecular weight excluding hydrogens is 206 g/mol. The molecule has 5 heteroatoms. The lowest BCUT2D eigenvalue weighted by Gasteiger charge is -2.21. The first-order chi connectivity index (χ1) is 7.74. The fourth-order valence-electron chi connectivity index (χ4n) is 1.68. The maximum atomic E-state index is 12.1. The van der Waals surface area contributed by atoms with Crippen LogP contribution >= 0.6 is 0 Å². The van der Waals surface area contributed by atoms with Crippen molar-refractivity contribution in [1.82, 2.24) is 9.88 Å². The average molecular weight is 221 g/mol. The highest BCUT2D eigenvalue weighted by Crippen LogP contribution is 2.28. The van der Waals surface area contributed by atoms with Gasteiger partial charge in [0.2, 0.25) is 0 Å². The van der Waals surface area contributed by atoms with Crippen LogP contribution in [0.5, 0.6) is 0 Å². The highest BCUT2D eigenvalue weighted by molar-refractivity contribution is 5.97. The standard InChI is InChI=1S/C11H15N3O2/c12-9-2-1-5-13-10(9)11(16)14(6-7-15)8-3-4-8/h1-2,5,8,15H,3-4,6-7,12H2. The van der Waals surface area contributed by atoms with Gasteiger partial charge in [-0.3, -0.25) is 4.79 Å². The first kappa shape index (κ1) is 10.9. The number of aliphatic hydroxyl groups excluding tert-OH is 1. The molecule has 0 unspecified atom stereocenters. The molecule has 0 aromatic carbocycles. The van der Waals surface area contributed by atoms with Crippen LogP contribution in [-0.2, 0) is 0 Å². The van der Waals surface area contributed by atoms with Crippen molar-refractivity contribution < 1.29 is 9.90 Å². The van der Waals surface area contributed by atoms with Crippen molar-refractivity contribution in [3.05, 3.63) is 24.0 Å². The molecule has 5 nitrogen and oxygen atoms in total. The summed E-state index contributed by atoms with van der Waals surface area (Å²) < 4.78 is 0. The topological polar surface area (TPSA) is 79.5 Å². The summed E-state index contributed by atoms with van der Waals surface area (Å²) >= 11 is 0. The van der Waals surface area contributed by atoms with Crippen molar-refractivity contribution in [3.8, 4) is 0 Å². The van der Waals surface area contributed by atoms with Gasteiger partial charge in [0.25, 0.3) is 5.91 Å². The summed E-state index contributed by atoms with van der Waals surface area (Å²) in [5.41, 5.74) is 6.37. The molecule has 1 aliphatic carbocycles. The largest absolute Gasteiger partial charge is 0.397 e. The maximum Gasteiger partial charge on any atom is 0.274 e. The third kappa shape index (κ3) is 2.14. The molecule has 1 saturated carbocycles. The normalized spacial score (nSPS) is 14.8. The van der Waals surface area contributed by atoms with Crippen molar-refractivity contribution in [2.24, 2.45) is 0 Å². The Balaban J connectivity index is 2.19. The van der Waals surface area contributed by atoms with E-state index < -0.39 is 0 Å². The Labute approximate surface area is 93.9 Å². The van der Waals surface area contributed by atoms with Crippen LogP contribution in [0.4, 0.5) is 5.69 Å². The number of aliphatic hydroxyl groups is 1. The minimum Gasteiger partial charge on any atom is -0.397 e. The van der Waals surface area contributed by atoms with Crippen molar-refractivity contribution in [3.63, 3.8) is 0 Å². The maximum absolute atomic E-state index is 12.1. The van der Waals surface area contributed by atoms with Gasteiger partial charge in [-0.2, -0.15) is 0 Å². The van der Waals surface area contributed by atoms with Gasteiger partial charge in [-0.15, -0.1) is 0 Å². The minimum absolute atomic E-state index is 0.0328. The Morgan fingerprint density at radius 3 is 2.94 bits per heavy atom. The molecule has 1 aliphatic rings. The molecule has 1 fully saturated rings. The van der Waals surface area contributed by atoms with Gasteiger partial charge in [-0.25, -0.2) is 4.98 Å². The zero-order valence-corrected chi connectivity index (χ0v) is 8.97. The molecule has 86 valence electrons. The molecule has 0 aliphatic heterocycles. The molecule has 16 heavy (non-hydrogen) atoms. The van der Waals surface area contributed by atoms with Gasteiger partial charge in [-0.05, 0) is 25.0 Å². The first-order valence-electron chi connectivity index (χ1n) is 5.36. The smallest absolute Gasteiger partial charge is 0.274 e. The van der Waals surface area contributed by atoms with Crippen LogP contribution in [0.3, 0.4) is 0 Å². The fraction of sp³-hybridized carbons (Fsp3) is 0.455. The molecule has 0 saturated heterocycles. The minimum atomic E-state index is -0.186. The van der Waals surface area contributed by atoms with Gasteiger partial charge in [0.1, 0.15) is 0 Å². The number of nitrogens with zero attached hydrogens (tertiary/aromatic N) is 2. The van der Waals surface area contributed by atoms with Crippen molar-refractivity contribution in [2.75, 3.05) is 18.9 Å². The number of rotatable bonds is 4. The third-order valence-electron chi connectivity index (χ3n) is 2.63. The predicted molar refractivity (Wildman–Crippen MR) is 59.8 cm³/mol. The quantitative estimate of drug-likeness (QED) is 0.764. The fourth-order valence-corrected chi connectivity index (χ4v) is 1.68. The summed E-state index contributed by atoms with van der Waals surface area (Å²) in [6, 6.07) is 3.60. The Bertz CT molecular complexity index is 391. The summed E-state index contributed by atoms with van der Waals surface area (Å²) in [6.45, 7) is 0.314. The molecule has 1 aromatic rings. The Morgan fingerprint density at radius 1 is 1.62 bits per heavy atom. The first-order valence-corrected chi connectivity index (χ1v) is 5.36. The van der Waals surface area contributed by atoms with Gasteiger partial charge < -0.3 is 15.7 Å². The van der Waals surface area contributed by atoms with Crippen LogP contribution < -0.4 is 5.73 Å². The van der Waals surface area contributed by atoms with Gasteiger partial charge >= 0.3 is 0 Å². The second kappa shape index (κ2) is 4.49. The van der Waals surface area contributed by atoms with E-state index in [0.717, 1.165) is 12.8 Å². The molecule has 1 heterocycles. The van der Waals surface area contributed by atoms with E-state index in [9.17, 15) is 4.79 Å². The number of amides is 1. The predicted octanol–water partition coefficient (Wildman–Crippen LogP) is 0.261. The van der Waals surface area contributed by atoms with E-state index >= 15 is 0 Å². The number of nitrogens with two attached hydrogens (primary N) is 1. The van der Waals surface area contributed by atoms with Crippen molar-refractivity contribution in [2.45, 2.75) is 18.9 Å². The van der Waals surface area contributed by atoms with E-state index in [-0.39, 0.29) is 24.2 Å². The van der Waals surface area contributed by atoms with Crippen LogP contribution in [0.1, 0.15) is 23.3 Å². The van der Waals surface area contributed by atoms with E-state index in [1.165, 1.54) is 0 Å².